The Labute approximate surface area is 96.5 Å². The van der Waals surface area contributed by atoms with E-state index in [4.69, 9.17) is 0 Å². The molecular formula is C11H11N5O. The first-order valence-electron chi connectivity index (χ1n) is 5.51. The molecule has 86 valence electrons. The first kappa shape index (κ1) is 9.95. The molecule has 0 aliphatic carbocycles. The molecule has 0 saturated heterocycles. The Bertz CT molecular complexity index is 742. The molecule has 0 radical (unpaired) electrons. The second-order valence-corrected chi connectivity index (χ2v) is 3.85. The Morgan fingerprint density at radius 3 is 3.00 bits per heavy atom. The van der Waals surface area contributed by atoms with Gasteiger partial charge in [-0.15, -0.1) is 10.2 Å². The fraction of sp³-hybridized carbons (Fsp3) is 0.273. The van der Waals surface area contributed by atoms with E-state index in [0.717, 1.165) is 6.42 Å². The van der Waals surface area contributed by atoms with Gasteiger partial charge >= 0.3 is 0 Å². The first-order chi connectivity index (χ1) is 8.31. The maximum Gasteiger partial charge on any atom is 0.280 e. The number of hydrogen-bond acceptors (Lipinski definition) is 4. The second-order valence-electron chi connectivity index (χ2n) is 3.85. The van der Waals surface area contributed by atoms with Gasteiger partial charge in [-0.05, 0) is 12.5 Å². The lowest BCUT2D eigenvalue weighted by molar-refractivity contribution is 0.656. The van der Waals surface area contributed by atoms with Crippen LogP contribution in [-0.4, -0.2) is 24.4 Å². The van der Waals surface area contributed by atoms with Crippen molar-refractivity contribution in [2.75, 3.05) is 0 Å². The molecule has 6 nitrogen and oxygen atoms in total. The molecule has 0 fully saturated rings. The molecule has 6 heteroatoms. The van der Waals surface area contributed by atoms with Gasteiger partial charge in [0, 0.05) is 18.8 Å². The van der Waals surface area contributed by atoms with Gasteiger partial charge in [0.2, 0.25) is 0 Å². The van der Waals surface area contributed by atoms with Crippen molar-refractivity contribution in [1.29, 1.82) is 0 Å². The summed E-state index contributed by atoms with van der Waals surface area (Å²) in [5.41, 5.74) is 1.58. The van der Waals surface area contributed by atoms with Crippen LogP contribution in [0.3, 0.4) is 0 Å². The van der Waals surface area contributed by atoms with E-state index in [2.05, 4.69) is 15.3 Å². The van der Waals surface area contributed by atoms with Crippen molar-refractivity contribution in [1.82, 2.24) is 24.4 Å². The number of aromatic nitrogens is 5. The zero-order chi connectivity index (χ0) is 11.8. The monoisotopic (exact) mass is 229 g/mol. The third-order valence-electron chi connectivity index (χ3n) is 2.69. The van der Waals surface area contributed by atoms with Crippen LogP contribution in [0.4, 0.5) is 0 Å². The fourth-order valence-electron chi connectivity index (χ4n) is 1.89. The van der Waals surface area contributed by atoms with Crippen molar-refractivity contribution >= 4 is 16.7 Å². The van der Waals surface area contributed by atoms with Crippen molar-refractivity contribution in [3.05, 3.63) is 34.9 Å². The van der Waals surface area contributed by atoms with Crippen LogP contribution in [0.5, 0.6) is 0 Å². The fourth-order valence-corrected chi connectivity index (χ4v) is 1.89. The smallest absolute Gasteiger partial charge is 0.280 e. The van der Waals surface area contributed by atoms with E-state index >= 15 is 0 Å². The third kappa shape index (κ3) is 1.41. The lowest BCUT2D eigenvalue weighted by atomic mass is 10.3. The van der Waals surface area contributed by atoms with E-state index < -0.39 is 0 Å². The molecule has 0 atom stereocenters. The van der Waals surface area contributed by atoms with Crippen LogP contribution >= 0.6 is 0 Å². The van der Waals surface area contributed by atoms with Crippen LogP contribution < -0.4 is 5.56 Å². The summed E-state index contributed by atoms with van der Waals surface area (Å²) < 4.78 is 3.27. The summed E-state index contributed by atoms with van der Waals surface area (Å²) in [5, 5.41) is 12.1. The molecule has 0 aliphatic rings. The number of pyridine rings is 1. The van der Waals surface area contributed by atoms with E-state index in [0.29, 0.717) is 23.2 Å². The van der Waals surface area contributed by atoms with Gasteiger partial charge < -0.3 is 4.57 Å². The van der Waals surface area contributed by atoms with Gasteiger partial charge in [0.1, 0.15) is 5.52 Å². The Morgan fingerprint density at radius 1 is 1.29 bits per heavy atom. The van der Waals surface area contributed by atoms with E-state index in [1.165, 1.54) is 0 Å². The lowest BCUT2D eigenvalue weighted by Crippen LogP contribution is -2.21. The predicted molar refractivity (Wildman–Crippen MR) is 62.8 cm³/mol. The van der Waals surface area contributed by atoms with Crippen molar-refractivity contribution < 1.29 is 0 Å². The van der Waals surface area contributed by atoms with Crippen molar-refractivity contribution in [3.63, 3.8) is 0 Å². The topological polar surface area (TPSA) is 65.1 Å². The molecule has 0 N–H and O–H groups in total. The minimum Gasteiger partial charge on any atom is -0.313 e. The summed E-state index contributed by atoms with van der Waals surface area (Å²) in [6, 6.07) is 3.60. The summed E-state index contributed by atoms with van der Waals surface area (Å²) >= 11 is 0. The summed E-state index contributed by atoms with van der Waals surface area (Å²) in [4.78, 5) is 12.1. The summed E-state index contributed by atoms with van der Waals surface area (Å²) in [6.45, 7) is 2.71. The molecule has 3 aromatic rings. The van der Waals surface area contributed by atoms with Gasteiger partial charge in [-0.2, -0.15) is 5.10 Å². The number of fused-ring (bicyclic) bond motifs is 3. The van der Waals surface area contributed by atoms with Crippen molar-refractivity contribution in [3.8, 4) is 0 Å². The summed E-state index contributed by atoms with van der Waals surface area (Å²) in [7, 11) is 0. The highest BCUT2D eigenvalue weighted by Gasteiger charge is 2.08. The summed E-state index contributed by atoms with van der Waals surface area (Å²) in [5.74, 6) is 0. The molecule has 17 heavy (non-hydrogen) atoms. The highest BCUT2D eigenvalue weighted by molar-refractivity contribution is 5.74. The number of hydrogen-bond donors (Lipinski definition) is 0. The van der Waals surface area contributed by atoms with Gasteiger partial charge in [-0.1, -0.05) is 6.92 Å². The Hall–Kier alpha value is -2.24. The van der Waals surface area contributed by atoms with Gasteiger partial charge in [0.25, 0.3) is 5.56 Å². The average Bonchev–Trinajstić information content (AvgIpc) is 2.81. The van der Waals surface area contributed by atoms with E-state index in [1.54, 1.807) is 27.5 Å². The number of aryl methyl sites for hydroxylation is 1. The standard InChI is InChI=1S/C11H11N5O/c1-2-6-15-7-4-8-10(11(15)17)14-13-9-3-5-12-16(8)9/h3-5,7H,2,6H2,1H3. The van der Waals surface area contributed by atoms with Crippen LogP contribution in [0.15, 0.2) is 29.3 Å². The molecule has 0 bridgehead atoms. The zero-order valence-electron chi connectivity index (χ0n) is 9.37. The maximum absolute atomic E-state index is 12.1. The summed E-state index contributed by atoms with van der Waals surface area (Å²) in [6.07, 6.45) is 4.32. The normalized spacial score (nSPS) is 11.4. The largest absolute Gasteiger partial charge is 0.313 e. The van der Waals surface area contributed by atoms with Crippen molar-refractivity contribution in [2.24, 2.45) is 0 Å². The molecule has 0 aliphatic heterocycles. The third-order valence-corrected chi connectivity index (χ3v) is 2.69. The van der Waals surface area contributed by atoms with Gasteiger partial charge in [-0.3, -0.25) is 4.79 Å². The minimum atomic E-state index is -0.116. The van der Waals surface area contributed by atoms with Gasteiger partial charge in [-0.25, -0.2) is 4.52 Å². The average molecular weight is 229 g/mol. The molecule has 0 amide bonds. The van der Waals surface area contributed by atoms with Crippen LogP contribution in [0.1, 0.15) is 13.3 Å². The minimum absolute atomic E-state index is 0.116. The molecule has 0 saturated carbocycles. The van der Waals surface area contributed by atoms with Crippen LogP contribution in [0.25, 0.3) is 16.7 Å². The number of rotatable bonds is 2. The predicted octanol–water partition coefficient (Wildman–Crippen LogP) is 0.849. The molecular weight excluding hydrogens is 218 g/mol. The first-order valence-corrected chi connectivity index (χ1v) is 5.51. The SMILES string of the molecule is CCCn1ccc2c(nnc3ccnn32)c1=O. The molecule has 3 heterocycles. The van der Waals surface area contributed by atoms with E-state index in [-0.39, 0.29) is 5.56 Å². The van der Waals surface area contributed by atoms with E-state index in [1.807, 2.05) is 13.0 Å². The van der Waals surface area contributed by atoms with Crippen LogP contribution in [0, 0.1) is 0 Å². The van der Waals surface area contributed by atoms with Crippen molar-refractivity contribution in [2.45, 2.75) is 19.9 Å². The molecule has 3 rings (SSSR count). The zero-order valence-corrected chi connectivity index (χ0v) is 9.37. The highest BCUT2D eigenvalue weighted by atomic mass is 16.1. The molecule has 0 aromatic carbocycles. The Kier molecular flexibility index (Phi) is 2.14. The van der Waals surface area contributed by atoms with Gasteiger partial charge in [0.05, 0.1) is 6.20 Å². The molecule has 3 aromatic heterocycles. The van der Waals surface area contributed by atoms with E-state index in [9.17, 15) is 4.79 Å². The van der Waals surface area contributed by atoms with Gasteiger partial charge in [0.15, 0.2) is 11.2 Å². The van der Waals surface area contributed by atoms with Crippen LogP contribution in [0.2, 0.25) is 0 Å². The maximum atomic E-state index is 12.1. The second kappa shape index (κ2) is 3.65. The van der Waals surface area contributed by atoms with Crippen LogP contribution in [-0.2, 0) is 6.54 Å². The molecule has 0 spiro atoms. The highest BCUT2D eigenvalue weighted by Crippen LogP contribution is 2.07. The Balaban J connectivity index is 2.40. The lowest BCUT2D eigenvalue weighted by Gasteiger charge is -2.05. The quantitative estimate of drug-likeness (QED) is 0.653. The number of nitrogens with zero attached hydrogens (tertiary/aromatic N) is 5. The Morgan fingerprint density at radius 2 is 2.18 bits per heavy atom. The molecule has 0 unspecified atom stereocenters.